The summed E-state index contributed by atoms with van der Waals surface area (Å²) in [5, 5.41) is 11.9. The molecule has 7 nitrogen and oxygen atoms in total. The van der Waals surface area contributed by atoms with Gasteiger partial charge in [0.1, 0.15) is 12.2 Å². The fourth-order valence-electron chi connectivity index (χ4n) is 2.38. The molecule has 0 aliphatic rings. The Hall–Kier alpha value is -2.28. The highest BCUT2D eigenvalue weighted by Crippen LogP contribution is 2.14. The first kappa shape index (κ1) is 22.8. The summed E-state index contributed by atoms with van der Waals surface area (Å²) in [5.41, 5.74) is -0.468. The van der Waals surface area contributed by atoms with Crippen LogP contribution in [0.2, 0.25) is 0 Å². The summed E-state index contributed by atoms with van der Waals surface area (Å²) >= 11 is 0. The molecule has 0 aliphatic heterocycles. The van der Waals surface area contributed by atoms with Crippen LogP contribution in [0.4, 0.5) is 9.59 Å². The topological polar surface area (TPSA) is 88.1 Å². The maximum atomic E-state index is 12.4. The summed E-state index contributed by atoms with van der Waals surface area (Å²) < 4.78 is 10.7. The quantitative estimate of drug-likeness (QED) is 0.722. The highest BCUT2D eigenvalue weighted by Gasteiger charge is 2.29. The fourth-order valence-corrected chi connectivity index (χ4v) is 2.38. The van der Waals surface area contributed by atoms with Crippen LogP contribution in [-0.4, -0.2) is 53.0 Å². The monoisotopic (exact) mass is 380 g/mol. The number of amides is 2. The second kappa shape index (κ2) is 10.2. The van der Waals surface area contributed by atoms with Crippen molar-refractivity contribution in [3.63, 3.8) is 0 Å². The predicted octanol–water partition coefficient (Wildman–Crippen LogP) is 3.31. The fraction of sp³-hybridized carbons (Fsp3) is 0.600. The number of aliphatic hydroxyl groups is 1. The third-order valence-electron chi connectivity index (χ3n) is 3.48. The zero-order chi connectivity index (χ0) is 20.5. The van der Waals surface area contributed by atoms with Gasteiger partial charge in [-0.15, -0.1) is 0 Å². The average molecular weight is 380 g/mol. The van der Waals surface area contributed by atoms with Gasteiger partial charge >= 0.3 is 12.2 Å². The van der Waals surface area contributed by atoms with Gasteiger partial charge in [-0.25, -0.2) is 9.59 Å². The van der Waals surface area contributed by atoms with Crippen LogP contribution in [0.3, 0.4) is 0 Å². The van der Waals surface area contributed by atoms with E-state index >= 15 is 0 Å². The van der Waals surface area contributed by atoms with Gasteiger partial charge in [-0.3, -0.25) is 0 Å². The second-order valence-corrected chi connectivity index (χ2v) is 8.05. The van der Waals surface area contributed by atoms with E-state index in [1.54, 1.807) is 34.6 Å². The number of aliphatic hydroxyl groups excluding tert-OH is 1. The molecule has 27 heavy (non-hydrogen) atoms. The largest absolute Gasteiger partial charge is 0.445 e. The molecule has 0 aliphatic carbocycles. The molecule has 0 saturated carbocycles. The summed E-state index contributed by atoms with van der Waals surface area (Å²) in [6, 6.07) is 9.39. The molecule has 0 heterocycles. The predicted molar refractivity (Wildman–Crippen MR) is 103 cm³/mol. The van der Waals surface area contributed by atoms with E-state index in [1.807, 2.05) is 30.3 Å². The first-order valence-corrected chi connectivity index (χ1v) is 9.10. The molecule has 152 valence electrons. The number of hydrogen-bond acceptors (Lipinski definition) is 5. The van der Waals surface area contributed by atoms with E-state index < -0.39 is 23.3 Å². The SMILES string of the molecule is CC(C)(CN(CCCO)C(=O)OC(C)(C)C)NC(=O)OCc1ccccc1. The van der Waals surface area contributed by atoms with E-state index in [1.165, 1.54) is 4.90 Å². The van der Waals surface area contributed by atoms with Gasteiger partial charge < -0.3 is 24.8 Å². The molecule has 0 saturated heterocycles. The van der Waals surface area contributed by atoms with Crippen molar-refractivity contribution in [3.8, 4) is 0 Å². The van der Waals surface area contributed by atoms with Crippen LogP contribution >= 0.6 is 0 Å². The maximum Gasteiger partial charge on any atom is 0.410 e. The zero-order valence-electron chi connectivity index (χ0n) is 16.9. The number of hydrogen-bond donors (Lipinski definition) is 2. The Bertz CT molecular complexity index is 596. The van der Waals surface area contributed by atoms with Crippen LogP contribution < -0.4 is 5.32 Å². The van der Waals surface area contributed by atoms with Gasteiger partial charge in [0, 0.05) is 19.7 Å². The number of nitrogens with one attached hydrogen (secondary N) is 1. The van der Waals surface area contributed by atoms with Crippen molar-refractivity contribution in [1.82, 2.24) is 10.2 Å². The zero-order valence-corrected chi connectivity index (χ0v) is 16.9. The Labute approximate surface area is 161 Å². The van der Waals surface area contributed by atoms with Gasteiger partial charge in [-0.05, 0) is 46.6 Å². The third-order valence-corrected chi connectivity index (χ3v) is 3.48. The van der Waals surface area contributed by atoms with E-state index in [0.29, 0.717) is 13.0 Å². The second-order valence-electron chi connectivity index (χ2n) is 8.05. The molecule has 0 radical (unpaired) electrons. The van der Waals surface area contributed by atoms with Gasteiger partial charge in [0.25, 0.3) is 0 Å². The van der Waals surface area contributed by atoms with Crippen molar-refractivity contribution in [3.05, 3.63) is 35.9 Å². The maximum absolute atomic E-state index is 12.4. The van der Waals surface area contributed by atoms with Gasteiger partial charge in [0.2, 0.25) is 0 Å². The van der Waals surface area contributed by atoms with Crippen LogP contribution in [-0.2, 0) is 16.1 Å². The lowest BCUT2D eigenvalue weighted by molar-refractivity contribution is 0.0189. The minimum atomic E-state index is -0.736. The number of ether oxygens (including phenoxy) is 2. The average Bonchev–Trinajstić information content (AvgIpc) is 2.55. The summed E-state index contributed by atoms with van der Waals surface area (Å²) in [6.07, 6.45) is -0.619. The molecule has 0 unspecified atom stereocenters. The number of carbonyl (C=O) groups excluding carboxylic acids is 2. The normalized spacial score (nSPS) is 11.6. The van der Waals surface area contributed by atoms with Crippen molar-refractivity contribution >= 4 is 12.2 Å². The van der Waals surface area contributed by atoms with Crippen LogP contribution in [0.15, 0.2) is 30.3 Å². The smallest absolute Gasteiger partial charge is 0.410 e. The van der Waals surface area contributed by atoms with E-state index in [0.717, 1.165) is 5.56 Å². The molecule has 0 aromatic heterocycles. The van der Waals surface area contributed by atoms with Gasteiger partial charge in [0.05, 0.1) is 5.54 Å². The first-order valence-electron chi connectivity index (χ1n) is 9.10. The molecule has 0 fully saturated rings. The van der Waals surface area contributed by atoms with E-state index in [4.69, 9.17) is 14.6 Å². The van der Waals surface area contributed by atoms with Crippen molar-refractivity contribution in [2.45, 2.75) is 58.8 Å². The summed E-state index contributed by atoms with van der Waals surface area (Å²) in [7, 11) is 0. The highest BCUT2D eigenvalue weighted by molar-refractivity contribution is 5.70. The molecule has 0 spiro atoms. The Morgan fingerprint density at radius 3 is 2.30 bits per heavy atom. The van der Waals surface area contributed by atoms with E-state index in [9.17, 15) is 9.59 Å². The van der Waals surface area contributed by atoms with Gasteiger partial charge in [-0.2, -0.15) is 0 Å². The molecule has 1 rings (SSSR count). The molecule has 0 atom stereocenters. The number of alkyl carbamates (subject to hydrolysis) is 1. The molecular weight excluding hydrogens is 348 g/mol. The summed E-state index contributed by atoms with van der Waals surface area (Å²) in [5.74, 6) is 0. The number of carbonyl (C=O) groups is 2. The summed E-state index contributed by atoms with van der Waals surface area (Å²) in [6.45, 7) is 9.66. The Morgan fingerprint density at radius 1 is 1.11 bits per heavy atom. The molecule has 2 N–H and O–H groups in total. The number of benzene rings is 1. The lowest BCUT2D eigenvalue weighted by Crippen LogP contribution is -2.53. The van der Waals surface area contributed by atoms with Crippen LogP contribution in [0.5, 0.6) is 0 Å². The van der Waals surface area contributed by atoms with Gasteiger partial charge in [-0.1, -0.05) is 30.3 Å². The molecule has 2 amide bonds. The van der Waals surface area contributed by atoms with Crippen molar-refractivity contribution in [2.24, 2.45) is 0 Å². The first-order chi connectivity index (χ1) is 12.5. The molecule has 1 aromatic rings. The van der Waals surface area contributed by atoms with Crippen molar-refractivity contribution in [2.75, 3.05) is 19.7 Å². The minimum absolute atomic E-state index is 0.0354. The molecular formula is C20H32N2O5. The lowest BCUT2D eigenvalue weighted by Gasteiger charge is -2.34. The highest BCUT2D eigenvalue weighted by atomic mass is 16.6. The van der Waals surface area contributed by atoms with E-state index in [-0.39, 0.29) is 19.8 Å². The summed E-state index contributed by atoms with van der Waals surface area (Å²) in [4.78, 5) is 26.0. The Balaban J connectivity index is 2.63. The van der Waals surface area contributed by atoms with Gasteiger partial charge in [0.15, 0.2) is 0 Å². The van der Waals surface area contributed by atoms with Crippen molar-refractivity contribution in [1.29, 1.82) is 0 Å². The van der Waals surface area contributed by atoms with Crippen LogP contribution in [0.1, 0.15) is 46.6 Å². The Morgan fingerprint density at radius 2 is 1.74 bits per heavy atom. The van der Waals surface area contributed by atoms with Crippen LogP contribution in [0.25, 0.3) is 0 Å². The van der Waals surface area contributed by atoms with E-state index in [2.05, 4.69) is 5.32 Å². The third kappa shape index (κ3) is 9.84. The van der Waals surface area contributed by atoms with Crippen LogP contribution in [0, 0.1) is 0 Å². The lowest BCUT2D eigenvalue weighted by atomic mass is 10.1. The molecule has 7 heteroatoms. The Kier molecular flexibility index (Phi) is 8.56. The molecule has 1 aromatic carbocycles. The standard InChI is InChI=1S/C20H32N2O5/c1-19(2,3)27-18(25)22(12-9-13-23)15-20(4,5)21-17(24)26-14-16-10-7-6-8-11-16/h6-8,10-11,23H,9,12-15H2,1-5H3,(H,21,24). The number of nitrogens with zero attached hydrogens (tertiary/aromatic N) is 1. The van der Waals surface area contributed by atoms with Crippen molar-refractivity contribution < 1.29 is 24.2 Å². The minimum Gasteiger partial charge on any atom is -0.445 e. The molecule has 0 bridgehead atoms. The number of rotatable bonds is 8.